The topological polar surface area (TPSA) is 51.0 Å². The maximum Gasteiger partial charge on any atom is 0.233 e. The lowest BCUT2D eigenvalue weighted by atomic mass is 10.2. The second-order valence-corrected chi connectivity index (χ2v) is 8.44. The van der Waals surface area contributed by atoms with Gasteiger partial charge in [-0.15, -0.1) is 21.5 Å². The monoisotopic (exact) mass is 420 g/mol. The molecule has 7 heteroatoms. The Bertz CT molecular complexity index is 1060. The third-order valence-corrected chi connectivity index (χ3v) is 6.18. The standard InChI is InChI=1S/C22H20N4OS2/c1-25(15-19-13-8-14-28-19)20(27)16-29-22-24-23-21(17-9-4-2-5-10-17)26(22)18-11-6-3-7-12-18/h2-14H,15-16H2,1H3. The van der Waals surface area contributed by atoms with Crippen LogP contribution in [0.1, 0.15) is 4.88 Å². The summed E-state index contributed by atoms with van der Waals surface area (Å²) in [7, 11) is 1.83. The van der Waals surface area contributed by atoms with Gasteiger partial charge in [-0.25, -0.2) is 0 Å². The van der Waals surface area contributed by atoms with E-state index in [0.717, 1.165) is 17.1 Å². The van der Waals surface area contributed by atoms with Crippen molar-refractivity contribution >= 4 is 29.0 Å². The summed E-state index contributed by atoms with van der Waals surface area (Å²) in [5.41, 5.74) is 1.95. The number of hydrogen-bond donors (Lipinski definition) is 0. The molecule has 0 saturated heterocycles. The molecule has 2 aromatic carbocycles. The predicted octanol–water partition coefficient (Wildman–Crippen LogP) is 4.75. The minimum Gasteiger partial charge on any atom is -0.340 e. The Morgan fingerprint density at radius 3 is 2.41 bits per heavy atom. The van der Waals surface area contributed by atoms with Crippen molar-refractivity contribution in [2.75, 3.05) is 12.8 Å². The number of carbonyl (C=O) groups excluding carboxylic acids is 1. The quantitative estimate of drug-likeness (QED) is 0.405. The van der Waals surface area contributed by atoms with Crippen LogP contribution in [0.2, 0.25) is 0 Å². The van der Waals surface area contributed by atoms with E-state index in [2.05, 4.69) is 10.2 Å². The van der Waals surface area contributed by atoms with Crippen LogP contribution in [0.3, 0.4) is 0 Å². The molecule has 4 rings (SSSR count). The van der Waals surface area contributed by atoms with Crippen LogP contribution in [-0.4, -0.2) is 38.4 Å². The molecule has 4 aromatic rings. The molecule has 0 radical (unpaired) electrons. The van der Waals surface area contributed by atoms with Gasteiger partial charge in [0.1, 0.15) is 0 Å². The fourth-order valence-electron chi connectivity index (χ4n) is 2.91. The van der Waals surface area contributed by atoms with Crippen LogP contribution in [0.25, 0.3) is 17.1 Å². The summed E-state index contributed by atoms with van der Waals surface area (Å²) < 4.78 is 2.01. The average Bonchev–Trinajstić information content (AvgIpc) is 3.43. The third kappa shape index (κ3) is 4.58. The fourth-order valence-corrected chi connectivity index (χ4v) is 4.56. The van der Waals surface area contributed by atoms with Gasteiger partial charge in [-0.05, 0) is 23.6 Å². The zero-order valence-corrected chi connectivity index (χ0v) is 17.6. The highest BCUT2D eigenvalue weighted by atomic mass is 32.2. The molecule has 0 unspecified atom stereocenters. The van der Waals surface area contributed by atoms with Crippen molar-refractivity contribution in [2.45, 2.75) is 11.7 Å². The number of hydrogen-bond acceptors (Lipinski definition) is 5. The van der Waals surface area contributed by atoms with Crippen molar-refractivity contribution in [2.24, 2.45) is 0 Å². The first-order valence-electron chi connectivity index (χ1n) is 9.18. The van der Waals surface area contributed by atoms with Crippen LogP contribution >= 0.6 is 23.1 Å². The van der Waals surface area contributed by atoms with Gasteiger partial charge in [-0.1, -0.05) is 66.4 Å². The van der Waals surface area contributed by atoms with Gasteiger partial charge < -0.3 is 4.90 Å². The van der Waals surface area contributed by atoms with E-state index >= 15 is 0 Å². The third-order valence-electron chi connectivity index (χ3n) is 4.40. The number of benzene rings is 2. The van der Waals surface area contributed by atoms with Crippen LogP contribution < -0.4 is 0 Å². The number of thioether (sulfide) groups is 1. The molecule has 0 aliphatic carbocycles. The van der Waals surface area contributed by atoms with E-state index in [1.54, 1.807) is 16.2 Å². The van der Waals surface area contributed by atoms with Gasteiger partial charge in [0.25, 0.3) is 0 Å². The van der Waals surface area contributed by atoms with Gasteiger partial charge in [0.2, 0.25) is 5.91 Å². The lowest BCUT2D eigenvalue weighted by Gasteiger charge is -2.16. The summed E-state index contributed by atoms with van der Waals surface area (Å²) in [6.07, 6.45) is 0. The first kappa shape index (κ1) is 19.4. The van der Waals surface area contributed by atoms with Crippen molar-refractivity contribution < 1.29 is 4.79 Å². The molecular weight excluding hydrogens is 400 g/mol. The fraction of sp³-hybridized carbons (Fsp3) is 0.136. The molecular formula is C22H20N4OS2. The van der Waals surface area contributed by atoms with E-state index in [4.69, 9.17) is 0 Å². The molecule has 0 atom stereocenters. The highest BCUT2D eigenvalue weighted by Gasteiger charge is 2.18. The zero-order chi connectivity index (χ0) is 20.1. The first-order chi connectivity index (χ1) is 14.2. The Hall–Kier alpha value is -2.90. The van der Waals surface area contributed by atoms with Crippen LogP contribution in [0.5, 0.6) is 0 Å². The predicted molar refractivity (Wildman–Crippen MR) is 118 cm³/mol. The highest BCUT2D eigenvalue weighted by Crippen LogP contribution is 2.28. The molecule has 0 aliphatic rings. The van der Waals surface area contributed by atoms with Crippen molar-refractivity contribution in [3.05, 3.63) is 83.1 Å². The Balaban J connectivity index is 1.56. The number of amides is 1. The maximum absolute atomic E-state index is 12.6. The Kier molecular flexibility index (Phi) is 6.07. The van der Waals surface area contributed by atoms with Crippen LogP contribution in [0.4, 0.5) is 0 Å². The zero-order valence-electron chi connectivity index (χ0n) is 15.9. The Morgan fingerprint density at radius 1 is 1.00 bits per heavy atom. The number of carbonyl (C=O) groups is 1. The lowest BCUT2D eigenvalue weighted by Crippen LogP contribution is -2.27. The molecule has 0 saturated carbocycles. The molecule has 0 fully saturated rings. The van der Waals surface area contributed by atoms with E-state index in [1.807, 2.05) is 89.8 Å². The lowest BCUT2D eigenvalue weighted by molar-refractivity contribution is -0.127. The largest absolute Gasteiger partial charge is 0.340 e. The maximum atomic E-state index is 12.6. The molecule has 146 valence electrons. The van der Waals surface area contributed by atoms with E-state index < -0.39 is 0 Å². The van der Waals surface area contributed by atoms with Crippen LogP contribution in [0.15, 0.2) is 83.3 Å². The molecule has 0 spiro atoms. The van der Waals surface area contributed by atoms with Gasteiger partial charge in [0.05, 0.1) is 12.3 Å². The van der Waals surface area contributed by atoms with Crippen molar-refractivity contribution in [3.63, 3.8) is 0 Å². The average molecular weight is 421 g/mol. The normalized spacial score (nSPS) is 10.8. The number of nitrogens with zero attached hydrogens (tertiary/aromatic N) is 4. The van der Waals surface area contributed by atoms with E-state index in [1.165, 1.54) is 16.6 Å². The number of aromatic nitrogens is 3. The van der Waals surface area contributed by atoms with Gasteiger partial charge in [0.15, 0.2) is 11.0 Å². The van der Waals surface area contributed by atoms with Crippen LogP contribution in [0, 0.1) is 0 Å². The SMILES string of the molecule is CN(Cc1cccs1)C(=O)CSc1nnc(-c2ccccc2)n1-c1ccccc1. The molecule has 0 N–H and O–H groups in total. The molecule has 0 bridgehead atoms. The molecule has 2 aromatic heterocycles. The summed E-state index contributed by atoms with van der Waals surface area (Å²) in [5, 5.41) is 11.5. The summed E-state index contributed by atoms with van der Waals surface area (Å²) in [5.74, 6) is 1.13. The molecule has 2 heterocycles. The smallest absolute Gasteiger partial charge is 0.233 e. The number of rotatable bonds is 7. The molecule has 0 aliphatic heterocycles. The second-order valence-electron chi connectivity index (χ2n) is 6.46. The van der Waals surface area contributed by atoms with E-state index in [9.17, 15) is 4.79 Å². The van der Waals surface area contributed by atoms with Gasteiger partial charge >= 0.3 is 0 Å². The van der Waals surface area contributed by atoms with E-state index in [0.29, 0.717) is 17.5 Å². The van der Waals surface area contributed by atoms with E-state index in [-0.39, 0.29) is 5.91 Å². The van der Waals surface area contributed by atoms with Gasteiger partial charge in [-0.3, -0.25) is 9.36 Å². The summed E-state index contributed by atoms with van der Waals surface area (Å²) in [6, 6.07) is 24.0. The first-order valence-corrected chi connectivity index (χ1v) is 11.0. The second kappa shape index (κ2) is 9.07. The van der Waals surface area contributed by atoms with Gasteiger partial charge in [-0.2, -0.15) is 0 Å². The molecule has 1 amide bonds. The van der Waals surface area contributed by atoms with Crippen molar-refractivity contribution in [3.8, 4) is 17.1 Å². The van der Waals surface area contributed by atoms with Crippen LogP contribution in [-0.2, 0) is 11.3 Å². The summed E-state index contributed by atoms with van der Waals surface area (Å²) >= 11 is 3.06. The Labute approximate surface area is 178 Å². The van der Waals surface area contributed by atoms with Gasteiger partial charge in [0, 0.05) is 23.2 Å². The van der Waals surface area contributed by atoms with Crippen molar-refractivity contribution in [1.29, 1.82) is 0 Å². The molecule has 5 nitrogen and oxygen atoms in total. The summed E-state index contributed by atoms with van der Waals surface area (Å²) in [4.78, 5) is 15.5. The minimum absolute atomic E-state index is 0.0623. The molecule has 29 heavy (non-hydrogen) atoms. The minimum atomic E-state index is 0.0623. The Morgan fingerprint density at radius 2 is 1.72 bits per heavy atom. The van der Waals surface area contributed by atoms with Crippen molar-refractivity contribution in [1.82, 2.24) is 19.7 Å². The summed E-state index contributed by atoms with van der Waals surface area (Å²) in [6.45, 7) is 0.623. The number of thiophene rings is 1. The number of para-hydroxylation sites is 1. The highest BCUT2D eigenvalue weighted by molar-refractivity contribution is 7.99.